The van der Waals surface area contributed by atoms with E-state index in [1.807, 2.05) is 0 Å². The van der Waals surface area contributed by atoms with Gasteiger partial charge in [0, 0.05) is 0 Å². The van der Waals surface area contributed by atoms with Crippen molar-refractivity contribution >= 4 is 74.1 Å². The molecule has 0 spiro atoms. The average Bonchev–Trinajstić information content (AvgIpc) is 3.32. The van der Waals surface area contributed by atoms with Gasteiger partial charge in [-0.1, -0.05) is 243 Å². The molecule has 0 unspecified atom stereocenters. The van der Waals surface area contributed by atoms with E-state index in [-0.39, 0.29) is 54.1 Å². The Balaban J connectivity index is 0.000000209. The van der Waals surface area contributed by atoms with Crippen molar-refractivity contribution in [2.75, 3.05) is 24.6 Å². The van der Waals surface area contributed by atoms with E-state index >= 15 is 0 Å². The molecule has 8 aromatic carbocycles. The topological polar surface area (TPSA) is 66.2 Å². The Bertz CT molecular complexity index is 1880. The molecule has 0 aliphatic rings. The minimum Gasteiger partial charge on any atom is -0.356 e. The van der Waals surface area contributed by atoms with Gasteiger partial charge >= 0.3 is 22.4 Å². The fourth-order valence-corrected chi connectivity index (χ4v) is 17.6. The summed E-state index contributed by atoms with van der Waals surface area (Å²) in [5.41, 5.74) is 0. The fourth-order valence-electron chi connectivity index (χ4n) is 6.89. The van der Waals surface area contributed by atoms with Crippen LogP contribution in [-0.2, 0) is 22.4 Å². The summed E-state index contributed by atoms with van der Waals surface area (Å²) in [5, 5.41) is 26.5. The van der Waals surface area contributed by atoms with Crippen molar-refractivity contribution < 1.29 is 27.5 Å². The van der Waals surface area contributed by atoms with Crippen LogP contribution >= 0.6 is 31.7 Å². The Labute approximate surface area is 381 Å². The van der Waals surface area contributed by atoms with Gasteiger partial charge < -0.3 is 15.3 Å². The van der Waals surface area contributed by atoms with Gasteiger partial charge in [0.05, 0.1) is 5.09 Å². The second kappa shape index (κ2) is 26.7. The first-order valence-corrected chi connectivity index (χ1v) is 26.0. The molecule has 0 radical (unpaired) electrons. The van der Waals surface area contributed by atoms with E-state index in [1.54, 1.807) is 0 Å². The number of rotatable bonds is 14. The van der Waals surface area contributed by atoms with Crippen LogP contribution in [-0.4, -0.2) is 29.7 Å². The Morgan fingerprint density at radius 1 is 0.262 bits per heavy atom. The summed E-state index contributed by atoms with van der Waals surface area (Å²) >= 11 is 0. The maximum atomic E-state index is 8.25. The van der Waals surface area contributed by atoms with Gasteiger partial charge in [-0.05, 0) is 98.8 Å². The maximum absolute atomic E-state index is 8.25. The number of hydrogen-bond donors (Lipinski definition) is 0. The maximum Gasteiger partial charge on any atom is 1.00 e. The van der Waals surface area contributed by atoms with Crippen molar-refractivity contribution in [3.63, 3.8) is 0 Å². The molecule has 61 heavy (non-hydrogen) atoms. The van der Waals surface area contributed by atoms with Gasteiger partial charge in [-0.25, -0.2) is 0 Å². The van der Waals surface area contributed by atoms with Crippen LogP contribution in [0.4, 0.5) is 0 Å². The van der Waals surface area contributed by atoms with Crippen LogP contribution in [0.5, 0.6) is 0 Å². The van der Waals surface area contributed by atoms with Crippen LogP contribution < -0.4 is 42.4 Å². The van der Waals surface area contributed by atoms with Crippen LogP contribution in [0.3, 0.4) is 0 Å². The molecule has 0 bridgehead atoms. The van der Waals surface area contributed by atoms with Gasteiger partial charge in [-0.3, -0.25) is 0 Å². The third kappa shape index (κ3) is 15.4. The van der Waals surface area contributed by atoms with E-state index in [1.165, 1.54) is 67.1 Å². The van der Waals surface area contributed by atoms with Gasteiger partial charge in [0.15, 0.2) is 0 Å². The molecule has 4 nitrogen and oxygen atoms in total. The molecule has 0 heterocycles. The van der Waals surface area contributed by atoms with Gasteiger partial charge in [0.25, 0.3) is 0 Å². The first-order chi connectivity index (χ1) is 29.6. The molecule has 0 amide bonds. The molecule has 0 aliphatic carbocycles. The first kappa shape index (κ1) is 47.5. The zero-order valence-electron chi connectivity index (χ0n) is 33.7. The SMILES string of the molecule is O=[N+]([O-])[O-].[Au+].c1ccc(P(CCP(c2ccccc2)c2ccccc2)c2ccccc2)cc1.c1ccc(P(CCP(c2ccccc2)c2ccccc2)c2ccccc2)cc1. The Morgan fingerprint density at radius 3 is 0.459 bits per heavy atom. The second-order valence-corrected chi connectivity index (χ2v) is 22.9. The molecule has 0 atom stereocenters. The van der Waals surface area contributed by atoms with E-state index in [0.717, 1.165) is 0 Å². The molecule has 0 aliphatic heterocycles. The van der Waals surface area contributed by atoms with E-state index in [0.29, 0.717) is 0 Å². The zero-order valence-corrected chi connectivity index (χ0v) is 39.4. The summed E-state index contributed by atoms with van der Waals surface area (Å²) in [5.74, 6) is 0. The van der Waals surface area contributed by atoms with Crippen LogP contribution in [0.25, 0.3) is 0 Å². The predicted molar refractivity (Wildman–Crippen MR) is 266 cm³/mol. The van der Waals surface area contributed by atoms with Crippen LogP contribution in [0.1, 0.15) is 0 Å². The van der Waals surface area contributed by atoms with E-state index < -0.39 is 5.09 Å². The van der Waals surface area contributed by atoms with Gasteiger partial charge in [0.2, 0.25) is 0 Å². The van der Waals surface area contributed by atoms with Gasteiger partial charge in [-0.15, -0.1) is 0 Å². The summed E-state index contributed by atoms with van der Waals surface area (Å²) in [4.78, 5) is 8.25. The van der Waals surface area contributed by atoms with E-state index in [4.69, 9.17) is 15.3 Å². The van der Waals surface area contributed by atoms with Crippen LogP contribution in [0, 0.1) is 15.3 Å². The predicted octanol–water partition coefficient (Wildman–Crippen LogP) is 10.3. The summed E-state index contributed by atoms with van der Waals surface area (Å²) < 4.78 is 0. The molecule has 0 N–H and O–H groups in total. The number of nitrogens with zero attached hydrogens (tertiary/aromatic N) is 1. The average molecular weight is 1060 g/mol. The molecular weight excluding hydrogens is 1010 g/mol. The third-order valence-electron chi connectivity index (χ3n) is 9.64. The summed E-state index contributed by atoms with van der Waals surface area (Å²) in [7, 11) is -1.39. The number of hydrogen-bond acceptors (Lipinski definition) is 3. The molecule has 0 fully saturated rings. The number of benzene rings is 8. The Morgan fingerprint density at radius 2 is 0.361 bits per heavy atom. The largest absolute Gasteiger partial charge is 1.00 e. The monoisotopic (exact) mass is 1060 g/mol. The molecule has 8 aromatic rings. The van der Waals surface area contributed by atoms with Gasteiger partial charge in [-0.2, -0.15) is 0 Å². The quantitative estimate of drug-likeness (QED) is 0.0472. The van der Waals surface area contributed by atoms with Crippen molar-refractivity contribution in [1.82, 2.24) is 0 Å². The van der Waals surface area contributed by atoms with E-state index in [9.17, 15) is 0 Å². The van der Waals surface area contributed by atoms with Crippen molar-refractivity contribution in [3.8, 4) is 0 Å². The smallest absolute Gasteiger partial charge is 0.356 e. The van der Waals surface area contributed by atoms with Crippen molar-refractivity contribution in [2.24, 2.45) is 0 Å². The Kier molecular flexibility index (Phi) is 20.8. The summed E-state index contributed by atoms with van der Waals surface area (Å²) in [6.45, 7) is 0. The van der Waals surface area contributed by atoms with Crippen molar-refractivity contribution in [2.45, 2.75) is 0 Å². The minimum atomic E-state index is -1.75. The van der Waals surface area contributed by atoms with Crippen molar-refractivity contribution in [1.29, 1.82) is 0 Å². The fraction of sp³-hybridized carbons (Fsp3) is 0.0769. The van der Waals surface area contributed by atoms with Crippen LogP contribution in [0.2, 0.25) is 0 Å². The standard InChI is InChI=1S/2C26H24P2.Au.NO3/c2*1-5-13-23(14-6-1)27(24-15-7-2-8-16-24)21-22-28(25-17-9-3-10-18-25)26-19-11-4-12-20-26;;2-1(3)4/h2*1-20H,21-22H2;;/q;;+1;-1. The first-order valence-electron chi connectivity index (χ1n) is 19.9. The molecule has 0 saturated carbocycles. The summed E-state index contributed by atoms with van der Waals surface area (Å²) in [6.07, 6.45) is 4.83. The summed E-state index contributed by atoms with van der Waals surface area (Å²) in [6, 6.07) is 88.4. The molecular formula is C52H48AuNO3P4. The molecule has 310 valence electrons. The van der Waals surface area contributed by atoms with Gasteiger partial charge in [0.1, 0.15) is 0 Å². The Hall–Kier alpha value is -4.58. The minimum absolute atomic E-state index is 0. The zero-order chi connectivity index (χ0) is 41.6. The van der Waals surface area contributed by atoms with E-state index in [2.05, 4.69) is 243 Å². The van der Waals surface area contributed by atoms with Crippen LogP contribution in [0.15, 0.2) is 243 Å². The normalized spacial score (nSPS) is 10.6. The molecule has 9 heteroatoms. The third-order valence-corrected chi connectivity index (χ3v) is 20.4. The molecule has 8 rings (SSSR count). The second-order valence-electron chi connectivity index (χ2n) is 13.5. The van der Waals surface area contributed by atoms with Crippen molar-refractivity contribution in [3.05, 3.63) is 258 Å². The molecule has 0 saturated heterocycles. The molecule has 0 aromatic heterocycles.